The number of benzene rings is 2. The van der Waals surface area contributed by atoms with Gasteiger partial charge in [-0.2, -0.15) is 0 Å². The first kappa shape index (κ1) is 11.9. The molecular formula is C16H14FNO. The molecule has 0 heterocycles. The third-order valence-corrected chi connectivity index (χ3v) is 3.80. The second-order valence-electron chi connectivity index (χ2n) is 5.00. The number of primary amides is 1. The topological polar surface area (TPSA) is 43.1 Å². The largest absolute Gasteiger partial charge is 0.369 e. The molecule has 3 rings (SSSR count). The van der Waals surface area contributed by atoms with Crippen LogP contribution in [0, 0.1) is 5.82 Å². The maximum Gasteiger partial charge on any atom is 0.228 e. The summed E-state index contributed by atoms with van der Waals surface area (Å²) in [5, 5.41) is 0. The monoisotopic (exact) mass is 255 g/mol. The Labute approximate surface area is 111 Å². The Morgan fingerprint density at radius 1 is 1.11 bits per heavy atom. The zero-order chi connectivity index (χ0) is 13.5. The van der Waals surface area contributed by atoms with E-state index in [9.17, 15) is 9.18 Å². The van der Waals surface area contributed by atoms with E-state index in [0.717, 1.165) is 29.5 Å². The van der Waals surface area contributed by atoms with Crippen LogP contribution in [0.5, 0.6) is 0 Å². The van der Waals surface area contributed by atoms with E-state index in [1.54, 1.807) is 6.07 Å². The maximum absolute atomic E-state index is 13.4. The van der Waals surface area contributed by atoms with Crippen molar-refractivity contribution in [1.82, 2.24) is 0 Å². The van der Waals surface area contributed by atoms with Gasteiger partial charge in [0.15, 0.2) is 0 Å². The first-order valence-electron chi connectivity index (χ1n) is 6.29. The van der Waals surface area contributed by atoms with Crippen molar-refractivity contribution in [2.75, 3.05) is 0 Å². The first-order valence-corrected chi connectivity index (χ1v) is 6.29. The minimum absolute atomic E-state index is 0.281. The average molecular weight is 255 g/mol. The summed E-state index contributed by atoms with van der Waals surface area (Å²) in [5.41, 5.74) is 7.55. The molecule has 19 heavy (non-hydrogen) atoms. The summed E-state index contributed by atoms with van der Waals surface area (Å²) in [6.07, 6.45) is 1.54. The number of rotatable bonds is 3. The molecule has 0 radical (unpaired) electrons. The average Bonchev–Trinajstić information content (AvgIpc) is 3.20. The fourth-order valence-corrected chi connectivity index (χ4v) is 2.58. The van der Waals surface area contributed by atoms with Gasteiger partial charge in [0.2, 0.25) is 5.91 Å². The second kappa shape index (κ2) is 4.19. The number of carbonyl (C=O) groups excluding carboxylic acids is 1. The molecule has 0 unspecified atom stereocenters. The Morgan fingerprint density at radius 3 is 2.47 bits per heavy atom. The van der Waals surface area contributed by atoms with Crippen LogP contribution in [0.25, 0.3) is 11.1 Å². The van der Waals surface area contributed by atoms with Gasteiger partial charge in [0, 0.05) is 0 Å². The maximum atomic E-state index is 13.4. The van der Waals surface area contributed by atoms with E-state index in [4.69, 9.17) is 5.73 Å². The highest BCUT2D eigenvalue weighted by Crippen LogP contribution is 2.50. The van der Waals surface area contributed by atoms with Crippen LogP contribution in [0.1, 0.15) is 18.4 Å². The number of carbonyl (C=O) groups is 1. The molecule has 2 aromatic carbocycles. The van der Waals surface area contributed by atoms with Gasteiger partial charge in [-0.25, -0.2) is 4.39 Å². The molecule has 0 atom stereocenters. The fourth-order valence-electron chi connectivity index (χ4n) is 2.58. The number of nitrogens with two attached hydrogens (primary N) is 1. The molecule has 1 aliphatic rings. The molecule has 0 aromatic heterocycles. The molecular weight excluding hydrogens is 241 g/mol. The van der Waals surface area contributed by atoms with E-state index < -0.39 is 5.41 Å². The van der Waals surface area contributed by atoms with E-state index >= 15 is 0 Å². The van der Waals surface area contributed by atoms with E-state index in [1.807, 2.05) is 30.3 Å². The molecule has 3 heteroatoms. The highest BCUT2D eigenvalue weighted by molar-refractivity contribution is 5.92. The van der Waals surface area contributed by atoms with Gasteiger partial charge in [-0.3, -0.25) is 4.79 Å². The lowest BCUT2D eigenvalue weighted by Crippen LogP contribution is -2.28. The molecule has 0 aliphatic heterocycles. The van der Waals surface area contributed by atoms with E-state index in [-0.39, 0.29) is 11.7 Å². The molecule has 1 fully saturated rings. The van der Waals surface area contributed by atoms with Gasteiger partial charge < -0.3 is 5.73 Å². The van der Waals surface area contributed by atoms with Gasteiger partial charge in [-0.15, -0.1) is 0 Å². The Hall–Kier alpha value is -2.16. The van der Waals surface area contributed by atoms with Gasteiger partial charge in [0.25, 0.3) is 0 Å². The van der Waals surface area contributed by atoms with Crippen molar-refractivity contribution in [1.29, 1.82) is 0 Å². The summed E-state index contributed by atoms with van der Waals surface area (Å²) in [6.45, 7) is 0. The van der Waals surface area contributed by atoms with Crippen LogP contribution in [-0.2, 0) is 10.2 Å². The predicted molar refractivity (Wildman–Crippen MR) is 71.9 cm³/mol. The zero-order valence-corrected chi connectivity index (χ0v) is 10.4. The highest BCUT2D eigenvalue weighted by Gasteiger charge is 2.51. The zero-order valence-electron chi connectivity index (χ0n) is 10.4. The SMILES string of the molecule is NC(=O)C1(c2ccccc2-c2cccc(F)c2)CC1. The Balaban J connectivity index is 2.16. The van der Waals surface area contributed by atoms with Gasteiger partial charge in [0.1, 0.15) is 5.82 Å². The minimum Gasteiger partial charge on any atom is -0.369 e. The first-order chi connectivity index (χ1) is 9.13. The van der Waals surface area contributed by atoms with Crippen LogP contribution in [-0.4, -0.2) is 5.91 Å². The number of halogens is 1. The summed E-state index contributed by atoms with van der Waals surface area (Å²) in [7, 11) is 0. The summed E-state index contributed by atoms with van der Waals surface area (Å²) in [5.74, 6) is -0.576. The number of amides is 1. The van der Waals surface area contributed by atoms with Gasteiger partial charge in [-0.1, -0.05) is 36.4 Å². The molecule has 0 saturated heterocycles. The van der Waals surface area contributed by atoms with Crippen LogP contribution in [0.4, 0.5) is 4.39 Å². The molecule has 2 nitrogen and oxygen atoms in total. The van der Waals surface area contributed by atoms with Crippen molar-refractivity contribution >= 4 is 5.91 Å². The van der Waals surface area contributed by atoms with Gasteiger partial charge in [0.05, 0.1) is 5.41 Å². The normalized spacial score (nSPS) is 16.1. The quantitative estimate of drug-likeness (QED) is 0.900. The summed E-state index contributed by atoms with van der Waals surface area (Å²) < 4.78 is 13.4. The lowest BCUT2D eigenvalue weighted by atomic mass is 9.87. The molecule has 1 amide bonds. The molecule has 2 aromatic rings. The van der Waals surface area contributed by atoms with Gasteiger partial charge in [-0.05, 0) is 41.7 Å². The van der Waals surface area contributed by atoms with Crippen LogP contribution >= 0.6 is 0 Å². The minimum atomic E-state index is -0.553. The Morgan fingerprint density at radius 2 is 1.84 bits per heavy atom. The Kier molecular flexibility index (Phi) is 2.63. The van der Waals surface area contributed by atoms with E-state index in [2.05, 4.69) is 0 Å². The molecule has 0 spiro atoms. The standard InChI is InChI=1S/C16H14FNO/c17-12-5-3-4-11(10-12)13-6-1-2-7-14(13)16(8-9-16)15(18)19/h1-7,10H,8-9H2,(H2,18,19). The highest BCUT2D eigenvalue weighted by atomic mass is 19.1. The van der Waals surface area contributed by atoms with Crippen LogP contribution in [0.3, 0.4) is 0 Å². The van der Waals surface area contributed by atoms with Crippen molar-refractivity contribution in [2.24, 2.45) is 5.73 Å². The van der Waals surface area contributed by atoms with E-state index in [1.165, 1.54) is 12.1 Å². The van der Waals surface area contributed by atoms with Crippen molar-refractivity contribution in [3.8, 4) is 11.1 Å². The molecule has 96 valence electrons. The summed E-state index contributed by atoms with van der Waals surface area (Å²) in [4.78, 5) is 11.7. The predicted octanol–water partition coefficient (Wildman–Crippen LogP) is 3.01. The van der Waals surface area contributed by atoms with Crippen molar-refractivity contribution in [3.63, 3.8) is 0 Å². The fraction of sp³-hybridized carbons (Fsp3) is 0.188. The molecule has 1 saturated carbocycles. The van der Waals surface area contributed by atoms with Crippen molar-refractivity contribution in [3.05, 3.63) is 59.9 Å². The van der Waals surface area contributed by atoms with Crippen molar-refractivity contribution < 1.29 is 9.18 Å². The van der Waals surface area contributed by atoms with E-state index in [0.29, 0.717) is 0 Å². The molecule has 1 aliphatic carbocycles. The number of hydrogen-bond donors (Lipinski definition) is 1. The lowest BCUT2D eigenvalue weighted by molar-refractivity contribution is -0.120. The Bertz CT molecular complexity index is 647. The van der Waals surface area contributed by atoms with Crippen molar-refractivity contribution in [2.45, 2.75) is 18.3 Å². The molecule has 2 N–H and O–H groups in total. The number of hydrogen-bond acceptors (Lipinski definition) is 1. The summed E-state index contributed by atoms with van der Waals surface area (Å²) >= 11 is 0. The van der Waals surface area contributed by atoms with Crippen LogP contribution in [0.15, 0.2) is 48.5 Å². The van der Waals surface area contributed by atoms with Crippen LogP contribution in [0.2, 0.25) is 0 Å². The summed E-state index contributed by atoms with van der Waals surface area (Å²) in [6, 6.07) is 14.0. The molecule has 0 bridgehead atoms. The van der Waals surface area contributed by atoms with Crippen LogP contribution < -0.4 is 5.73 Å². The third-order valence-electron chi connectivity index (χ3n) is 3.80. The second-order valence-corrected chi connectivity index (χ2v) is 5.00. The smallest absolute Gasteiger partial charge is 0.228 e. The lowest BCUT2D eigenvalue weighted by Gasteiger charge is -2.16. The van der Waals surface area contributed by atoms with Gasteiger partial charge >= 0.3 is 0 Å². The third kappa shape index (κ3) is 1.91.